The van der Waals surface area contributed by atoms with E-state index in [9.17, 15) is 9.59 Å². The predicted octanol–water partition coefficient (Wildman–Crippen LogP) is 3.08. The van der Waals surface area contributed by atoms with Crippen LogP contribution in [-0.4, -0.2) is 23.3 Å². The van der Waals surface area contributed by atoms with Crippen LogP contribution in [0, 0.1) is 0 Å². The van der Waals surface area contributed by atoms with Gasteiger partial charge in [-0.3, -0.25) is 4.79 Å². The monoisotopic (exact) mass is 255 g/mol. The highest BCUT2D eigenvalue weighted by atomic mass is 32.1. The lowest BCUT2D eigenvalue weighted by molar-refractivity contribution is 0.0520. The Morgan fingerprint density at radius 3 is 2.76 bits per heavy atom. The minimum Gasteiger partial charge on any atom is -0.461 e. The van der Waals surface area contributed by atoms with Crippen LogP contribution >= 0.6 is 11.3 Å². The van der Waals surface area contributed by atoms with Crippen molar-refractivity contribution in [1.82, 2.24) is 4.98 Å². The van der Waals surface area contributed by atoms with Gasteiger partial charge in [-0.2, -0.15) is 0 Å². The van der Waals surface area contributed by atoms with Crippen molar-refractivity contribution in [2.24, 2.45) is 0 Å². The van der Waals surface area contributed by atoms with Crippen molar-refractivity contribution in [1.29, 1.82) is 0 Å². The lowest BCUT2D eigenvalue weighted by atomic mass is 10.1. The summed E-state index contributed by atoms with van der Waals surface area (Å²) in [6.45, 7) is 4.14. The van der Waals surface area contributed by atoms with Crippen molar-refractivity contribution < 1.29 is 14.3 Å². The van der Waals surface area contributed by atoms with Gasteiger partial charge in [0.1, 0.15) is 0 Å². The normalized spacial score (nSPS) is 10.2. The molecule has 0 fully saturated rings. The summed E-state index contributed by atoms with van der Waals surface area (Å²) >= 11 is 1.21. The minimum absolute atomic E-state index is 0.0130. The SMILES string of the molecule is CCCCCC(=O)c1nc(C(=O)OCC)cs1. The van der Waals surface area contributed by atoms with Crippen molar-refractivity contribution in [2.75, 3.05) is 6.61 Å². The maximum atomic E-state index is 11.7. The van der Waals surface area contributed by atoms with Gasteiger partial charge in [0, 0.05) is 11.8 Å². The number of unbranched alkanes of at least 4 members (excludes halogenated alkanes) is 2. The molecule has 0 saturated carbocycles. The first-order chi connectivity index (χ1) is 8.19. The molecule has 5 heteroatoms. The molecular weight excluding hydrogens is 238 g/mol. The lowest BCUT2D eigenvalue weighted by Crippen LogP contribution is -2.06. The number of nitrogens with zero attached hydrogens (tertiary/aromatic N) is 1. The van der Waals surface area contributed by atoms with Crippen molar-refractivity contribution in [3.05, 3.63) is 16.1 Å². The van der Waals surface area contributed by atoms with E-state index in [0.717, 1.165) is 19.3 Å². The first-order valence-corrected chi connectivity index (χ1v) is 6.72. The van der Waals surface area contributed by atoms with E-state index in [0.29, 0.717) is 18.0 Å². The van der Waals surface area contributed by atoms with Gasteiger partial charge < -0.3 is 4.74 Å². The van der Waals surface area contributed by atoms with Gasteiger partial charge in [-0.15, -0.1) is 11.3 Å². The molecule has 4 nitrogen and oxygen atoms in total. The third-order valence-corrected chi connectivity index (χ3v) is 3.12. The number of thiazole rings is 1. The first-order valence-electron chi connectivity index (χ1n) is 5.84. The number of hydrogen-bond acceptors (Lipinski definition) is 5. The summed E-state index contributed by atoms with van der Waals surface area (Å²) in [6, 6.07) is 0. The van der Waals surface area contributed by atoms with Crippen LogP contribution in [0.4, 0.5) is 0 Å². The Labute approximate surface area is 105 Å². The summed E-state index contributed by atoms with van der Waals surface area (Å²) in [5, 5.41) is 1.98. The molecule has 0 saturated heterocycles. The Balaban J connectivity index is 2.55. The smallest absolute Gasteiger partial charge is 0.357 e. The molecule has 0 radical (unpaired) electrons. The molecule has 1 aromatic rings. The molecule has 94 valence electrons. The Hall–Kier alpha value is -1.23. The molecule has 0 bridgehead atoms. The van der Waals surface area contributed by atoms with Crippen LogP contribution in [0.2, 0.25) is 0 Å². The molecule has 0 aliphatic heterocycles. The first kappa shape index (κ1) is 13.8. The van der Waals surface area contributed by atoms with E-state index in [1.807, 2.05) is 0 Å². The summed E-state index contributed by atoms with van der Waals surface area (Å²) in [5.41, 5.74) is 0.232. The van der Waals surface area contributed by atoms with Crippen LogP contribution in [0.3, 0.4) is 0 Å². The molecule has 0 aliphatic rings. The number of hydrogen-bond donors (Lipinski definition) is 0. The second-order valence-electron chi connectivity index (χ2n) is 3.64. The van der Waals surface area contributed by atoms with Gasteiger partial charge in [0.15, 0.2) is 16.5 Å². The fourth-order valence-corrected chi connectivity index (χ4v) is 2.10. The lowest BCUT2D eigenvalue weighted by Gasteiger charge is -1.97. The molecule has 0 unspecified atom stereocenters. The minimum atomic E-state index is -0.462. The topological polar surface area (TPSA) is 56.3 Å². The molecule has 17 heavy (non-hydrogen) atoms. The van der Waals surface area contributed by atoms with E-state index >= 15 is 0 Å². The van der Waals surface area contributed by atoms with Crippen LogP contribution in [0.15, 0.2) is 5.38 Å². The molecule has 0 N–H and O–H groups in total. The average Bonchev–Trinajstić information content (AvgIpc) is 2.79. The maximum Gasteiger partial charge on any atom is 0.357 e. The third-order valence-electron chi connectivity index (χ3n) is 2.23. The van der Waals surface area contributed by atoms with E-state index in [2.05, 4.69) is 11.9 Å². The fraction of sp³-hybridized carbons (Fsp3) is 0.583. The number of aromatic nitrogens is 1. The Morgan fingerprint density at radius 1 is 1.35 bits per heavy atom. The van der Waals surface area contributed by atoms with Gasteiger partial charge in [-0.1, -0.05) is 19.8 Å². The maximum absolute atomic E-state index is 11.7. The Bertz CT molecular complexity index is 387. The fourth-order valence-electron chi connectivity index (χ4n) is 1.34. The van der Waals surface area contributed by atoms with E-state index < -0.39 is 5.97 Å². The van der Waals surface area contributed by atoms with Crippen molar-refractivity contribution in [2.45, 2.75) is 39.5 Å². The average molecular weight is 255 g/mol. The summed E-state index contributed by atoms with van der Waals surface area (Å²) in [6.07, 6.45) is 3.51. The molecule has 0 aromatic carbocycles. The summed E-state index contributed by atoms with van der Waals surface area (Å²) in [5.74, 6) is -0.449. The Morgan fingerprint density at radius 2 is 2.12 bits per heavy atom. The number of esters is 1. The van der Waals surface area contributed by atoms with Crippen LogP contribution in [0.5, 0.6) is 0 Å². The van der Waals surface area contributed by atoms with Crippen molar-refractivity contribution >= 4 is 23.1 Å². The number of ketones is 1. The molecule has 0 aliphatic carbocycles. The molecule has 1 heterocycles. The van der Waals surface area contributed by atoms with E-state index in [4.69, 9.17) is 4.74 Å². The largest absolute Gasteiger partial charge is 0.461 e. The van der Waals surface area contributed by atoms with Crippen LogP contribution in [0.25, 0.3) is 0 Å². The number of carbonyl (C=O) groups excluding carboxylic acids is 2. The number of Topliss-reactive ketones (excluding diaryl/α,β-unsaturated/α-hetero) is 1. The zero-order valence-corrected chi connectivity index (χ0v) is 11.0. The predicted molar refractivity (Wildman–Crippen MR) is 66.5 cm³/mol. The molecule has 0 spiro atoms. The number of ether oxygens (including phenoxy) is 1. The van der Waals surface area contributed by atoms with E-state index in [1.54, 1.807) is 12.3 Å². The molecule has 0 atom stereocenters. The molecule has 1 rings (SSSR count). The highest BCUT2D eigenvalue weighted by molar-refractivity contribution is 7.11. The van der Waals surface area contributed by atoms with Gasteiger partial charge in [-0.05, 0) is 13.3 Å². The quantitative estimate of drug-likeness (QED) is 0.427. The van der Waals surface area contributed by atoms with Crippen molar-refractivity contribution in [3.63, 3.8) is 0 Å². The highest BCUT2D eigenvalue weighted by Crippen LogP contribution is 2.14. The standard InChI is InChI=1S/C12H17NO3S/c1-3-5-6-7-10(14)11-13-9(8-17-11)12(15)16-4-2/h8H,3-7H2,1-2H3. The Kier molecular flexibility index (Phi) is 5.83. The van der Waals surface area contributed by atoms with Gasteiger partial charge >= 0.3 is 5.97 Å². The van der Waals surface area contributed by atoms with E-state index in [1.165, 1.54) is 11.3 Å². The second kappa shape index (κ2) is 7.17. The third kappa shape index (κ3) is 4.26. The summed E-state index contributed by atoms with van der Waals surface area (Å²) in [4.78, 5) is 27.1. The second-order valence-corrected chi connectivity index (χ2v) is 4.50. The van der Waals surface area contributed by atoms with Crippen molar-refractivity contribution in [3.8, 4) is 0 Å². The summed E-state index contributed by atoms with van der Waals surface area (Å²) < 4.78 is 4.81. The molecular formula is C12H17NO3S. The molecule has 1 aromatic heterocycles. The summed E-state index contributed by atoms with van der Waals surface area (Å²) in [7, 11) is 0. The number of carbonyl (C=O) groups is 2. The van der Waals surface area contributed by atoms with Crippen LogP contribution in [0.1, 0.15) is 59.8 Å². The number of rotatable bonds is 7. The zero-order chi connectivity index (χ0) is 12.7. The highest BCUT2D eigenvalue weighted by Gasteiger charge is 2.15. The van der Waals surface area contributed by atoms with Gasteiger partial charge in [0.2, 0.25) is 0 Å². The molecule has 0 amide bonds. The van der Waals surface area contributed by atoms with Gasteiger partial charge in [0.05, 0.1) is 6.61 Å². The van der Waals surface area contributed by atoms with Crippen LogP contribution < -0.4 is 0 Å². The van der Waals surface area contributed by atoms with Gasteiger partial charge in [-0.25, -0.2) is 9.78 Å². The van der Waals surface area contributed by atoms with Crippen LogP contribution in [-0.2, 0) is 4.74 Å². The van der Waals surface area contributed by atoms with Gasteiger partial charge in [0.25, 0.3) is 0 Å². The van der Waals surface area contributed by atoms with E-state index in [-0.39, 0.29) is 11.5 Å². The zero-order valence-electron chi connectivity index (χ0n) is 10.2.